The van der Waals surface area contributed by atoms with Crippen molar-refractivity contribution in [3.05, 3.63) is 12.4 Å². The number of nitrogens with zero attached hydrogens (tertiary/aromatic N) is 5. The van der Waals surface area contributed by atoms with Crippen molar-refractivity contribution in [2.24, 2.45) is 23.9 Å². The van der Waals surface area contributed by atoms with Gasteiger partial charge in [0.25, 0.3) is 0 Å². The molecule has 1 aliphatic heterocycles. The van der Waals surface area contributed by atoms with Gasteiger partial charge in [0, 0.05) is 38.9 Å². The molecule has 2 heterocycles. The third kappa shape index (κ3) is 4.12. The number of carbonyl (C=O) groups excluding carboxylic acids is 1. The fraction of sp³-hybridized carbons (Fsp3) is 0.750. The first-order chi connectivity index (χ1) is 13.2. The fourth-order valence-electron chi connectivity index (χ4n) is 4.69. The van der Waals surface area contributed by atoms with Crippen LogP contribution in [0.3, 0.4) is 0 Å². The highest BCUT2D eigenvalue weighted by Gasteiger charge is 2.44. The Hall–Kier alpha value is -2.05. The van der Waals surface area contributed by atoms with E-state index in [-0.39, 0.29) is 5.91 Å². The lowest BCUT2D eigenvalue weighted by Gasteiger charge is -2.35. The molecule has 4 rings (SSSR count). The number of anilines is 1. The lowest BCUT2D eigenvalue weighted by molar-refractivity contribution is -0.120. The van der Waals surface area contributed by atoms with Gasteiger partial charge in [0.15, 0.2) is 5.96 Å². The Bertz CT molecular complexity index is 692. The van der Waals surface area contributed by atoms with Gasteiger partial charge >= 0.3 is 0 Å². The Morgan fingerprint density at radius 1 is 1.30 bits per heavy atom. The van der Waals surface area contributed by atoms with Crippen LogP contribution in [-0.4, -0.2) is 58.8 Å². The highest BCUT2D eigenvalue weighted by molar-refractivity contribution is 5.98. The molecule has 1 aromatic heterocycles. The number of carbonyl (C=O) groups is 1. The highest BCUT2D eigenvalue weighted by atomic mass is 16.2. The van der Waals surface area contributed by atoms with Crippen molar-refractivity contribution >= 4 is 17.6 Å². The second-order valence-corrected chi connectivity index (χ2v) is 8.19. The minimum atomic E-state index is 0.111. The van der Waals surface area contributed by atoms with Crippen LogP contribution >= 0.6 is 0 Å². The average molecular weight is 373 g/mol. The van der Waals surface area contributed by atoms with Gasteiger partial charge in [-0.3, -0.25) is 14.5 Å². The number of hydrogen-bond acceptors (Lipinski definition) is 3. The van der Waals surface area contributed by atoms with Crippen LogP contribution in [0.5, 0.6) is 0 Å². The summed E-state index contributed by atoms with van der Waals surface area (Å²) in [6.45, 7) is 4.64. The van der Waals surface area contributed by atoms with Crippen LogP contribution < -0.4 is 10.2 Å². The molecule has 3 fully saturated rings. The maximum atomic E-state index is 12.7. The second kappa shape index (κ2) is 7.90. The standard InChI is InChI=1S/C20H32N6O/c1-3-21-20(23-18-11-17(18)15-7-5-4-6-8-15)25-9-10-26(19(27)14-25)16-12-22-24(2)13-16/h12-13,15,17-18H,3-11,14H2,1-2H3,(H,21,23). The molecule has 148 valence electrons. The predicted octanol–water partition coefficient (Wildman–Crippen LogP) is 2.00. The first kappa shape index (κ1) is 18.3. The van der Waals surface area contributed by atoms with Crippen molar-refractivity contribution in [1.82, 2.24) is 20.0 Å². The molecule has 1 amide bonds. The molecule has 1 saturated heterocycles. The number of guanidine groups is 1. The largest absolute Gasteiger partial charge is 0.353 e. The summed E-state index contributed by atoms with van der Waals surface area (Å²) in [4.78, 5) is 21.3. The fourth-order valence-corrected chi connectivity index (χ4v) is 4.69. The zero-order valence-electron chi connectivity index (χ0n) is 16.6. The van der Waals surface area contributed by atoms with E-state index in [2.05, 4.69) is 27.2 Å². The average Bonchev–Trinajstić information content (AvgIpc) is 3.32. The van der Waals surface area contributed by atoms with Gasteiger partial charge in [0.05, 0.1) is 11.9 Å². The molecule has 0 bridgehead atoms. The normalized spacial score (nSPS) is 27.2. The summed E-state index contributed by atoms with van der Waals surface area (Å²) in [5, 5.41) is 7.86. The molecule has 0 spiro atoms. The summed E-state index contributed by atoms with van der Waals surface area (Å²) >= 11 is 0. The van der Waals surface area contributed by atoms with Crippen LogP contribution in [0.4, 0.5) is 5.69 Å². The van der Waals surface area contributed by atoms with E-state index >= 15 is 0 Å². The number of amides is 1. The first-order valence-electron chi connectivity index (χ1n) is 10.5. The molecule has 2 aliphatic carbocycles. The van der Waals surface area contributed by atoms with Crippen molar-refractivity contribution in [3.8, 4) is 0 Å². The predicted molar refractivity (Wildman–Crippen MR) is 107 cm³/mol. The molecule has 1 aromatic rings. The number of hydrogen-bond donors (Lipinski definition) is 1. The van der Waals surface area contributed by atoms with E-state index in [9.17, 15) is 4.79 Å². The third-order valence-electron chi connectivity index (χ3n) is 6.24. The van der Waals surface area contributed by atoms with Gasteiger partial charge in [-0.05, 0) is 25.2 Å². The smallest absolute Gasteiger partial charge is 0.246 e. The van der Waals surface area contributed by atoms with E-state index in [1.807, 2.05) is 18.1 Å². The molecule has 2 unspecified atom stereocenters. The Labute approximate surface area is 161 Å². The number of nitrogens with one attached hydrogen (secondary N) is 1. The van der Waals surface area contributed by atoms with Crippen LogP contribution in [0.2, 0.25) is 0 Å². The van der Waals surface area contributed by atoms with E-state index in [1.54, 1.807) is 10.9 Å². The van der Waals surface area contributed by atoms with Gasteiger partial charge in [-0.25, -0.2) is 0 Å². The third-order valence-corrected chi connectivity index (χ3v) is 6.24. The van der Waals surface area contributed by atoms with E-state index in [0.29, 0.717) is 19.1 Å². The zero-order valence-corrected chi connectivity index (χ0v) is 16.6. The van der Waals surface area contributed by atoms with Crippen molar-refractivity contribution in [3.63, 3.8) is 0 Å². The maximum absolute atomic E-state index is 12.7. The summed E-state index contributed by atoms with van der Waals surface area (Å²) in [5.41, 5.74) is 0.878. The summed E-state index contributed by atoms with van der Waals surface area (Å²) in [7, 11) is 1.87. The lowest BCUT2D eigenvalue weighted by Crippen LogP contribution is -2.56. The lowest BCUT2D eigenvalue weighted by atomic mass is 9.85. The Balaban J connectivity index is 1.35. The topological polar surface area (TPSA) is 65.8 Å². The molecule has 27 heavy (non-hydrogen) atoms. The van der Waals surface area contributed by atoms with E-state index < -0.39 is 0 Å². The van der Waals surface area contributed by atoms with Crippen LogP contribution in [0.15, 0.2) is 17.4 Å². The van der Waals surface area contributed by atoms with E-state index in [1.165, 1.54) is 38.5 Å². The Morgan fingerprint density at radius 2 is 2.11 bits per heavy atom. The Kier molecular flexibility index (Phi) is 5.36. The van der Waals surface area contributed by atoms with Gasteiger partial charge in [0.1, 0.15) is 6.54 Å². The van der Waals surface area contributed by atoms with Gasteiger partial charge in [-0.15, -0.1) is 0 Å². The summed E-state index contributed by atoms with van der Waals surface area (Å²) in [5.74, 6) is 2.72. The van der Waals surface area contributed by atoms with Crippen molar-refractivity contribution in [2.75, 3.05) is 31.1 Å². The first-order valence-corrected chi connectivity index (χ1v) is 10.5. The summed E-state index contributed by atoms with van der Waals surface area (Å²) in [6, 6.07) is 0.546. The minimum absolute atomic E-state index is 0.111. The quantitative estimate of drug-likeness (QED) is 0.649. The zero-order chi connectivity index (χ0) is 18.8. The monoisotopic (exact) mass is 372 g/mol. The van der Waals surface area contributed by atoms with Crippen molar-refractivity contribution in [2.45, 2.75) is 51.5 Å². The molecule has 0 aromatic carbocycles. The molecule has 2 saturated carbocycles. The second-order valence-electron chi connectivity index (χ2n) is 8.19. The maximum Gasteiger partial charge on any atom is 0.246 e. The van der Waals surface area contributed by atoms with Crippen molar-refractivity contribution in [1.29, 1.82) is 0 Å². The number of rotatable bonds is 4. The van der Waals surface area contributed by atoms with Crippen LogP contribution in [0, 0.1) is 11.8 Å². The molecule has 3 aliphatic rings. The van der Waals surface area contributed by atoms with Crippen LogP contribution in [-0.2, 0) is 11.8 Å². The van der Waals surface area contributed by atoms with Crippen molar-refractivity contribution < 1.29 is 4.79 Å². The van der Waals surface area contributed by atoms with E-state index in [4.69, 9.17) is 0 Å². The van der Waals surface area contributed by atoms with Gasteiger partial charge in [0.2, 0.25) is 5.91 Å². The SMILES string of the molecule is CCN=C(NC1CC1C1CCCCC1)N1CCN(c2cnn(C)c2)C(=O)C1. The number of aliphatic imine (C=N–C) groups is 1. The van der Waals surface area contributed by atoms with Gasteiger partial charge in [-0.1, -0.05) is 32.1 Å². The molecule has 0 radical (unpaired) electrons. The summed E-state index contributed by atoms with van der Waals surface area (Å²) in [6.07, 6.45) is 11.9. The van der Waals surface area contributed by atoms with Gasteiger partial charge < -0.3 is 15.1 Å². The van der Waals surface area contributed by atoms with Crippen LogP contribution in [0.25, 0.3) is 0 Å². The number of aromatic nitrogens is 2. The molecule has 7 heteroatoms. The Morgan fingerprint density at radius 3 is 2.78 bits per heavy atom. The molecule has 1 N–H and O–H groups in total. The van der Waals surface area contributed by atoms with Gasteiger partial charge in [-0.2, -0.15) is 5.10 Å². The molecular weight excluding hydrogens is 340 g/mol. The van der Waals surface area contributed by atoms with E-state index in [0.717, 1.165) is 36.6 Å². The minimum Gasteiger partial charge on any atom is -0.353 e. The number of piperazine rings is 1. The molecule has 2 atom stereocenters. The number of aryl methyl sites for hydroxylation is 1. The van der Waals surface area contributed by atoms with Crippen LogP contribution in [0.1, 0.15) is 45.4 Å². The molecule has 7 nitrogen and oxygen atoms in total. The highest BCUT2D eigenvalue weighted by Crippen LogP contribution is 2.44. The molecular formula is C20H32N6O. The summed E-state index contributed by atoms with van der Waals surface area (Å²) < 4.78 is 1.74.